The molecule has 696 valence electrons. The van der Waals surface area contributed by atoms with Gasteiger partial charge in [0.05, 0.1) is 30.2 Å². The summed E-state index contributed by atoms with van der Waals surface area (Å²) in [6.45, 7) is 4.58. The number of aromatic hydroxyl groups is 2. The molecule has 31 nitrogen and oxygen atoms in total. The predicted molar refractivity (Wildman–Crippen MR) is 434 cm³/mol. The smallest absolute Gasteiger partial charge is 0.490 e. The maximum Gasteiger partial charge on any atom is 0.490 e. The Morgan fingerprint density at radius 2 is 0.889 bits per heavy atom. The van der Waals surface area contributed by atoms with Crippen molar-refractivity contribution in [1.82, 2.24) is 42.1 Å². The summed E-state index contributed by atoms with van der Waals surface area (Å²) < 4.78 is 127. The van der Waals surface area contributed by atoms with E-state index in [2.05, 4.69) is 42.2 Å². The van der Waals surface area contributed by atoms with Crippen LogP contribution in [0.2, 0.25) is 0 Å². The van der Waals surface area contributed by atoms with Gasteiger partial charge in [-0.2, -0.15) is 52.7 Å². The second-order valence-electron chi connectivity index (χ2n) is 30.2. The zero-order valence-electron chi connectivity index (χ0n) is 68.9. The lowest BCUT2D eigenvalue weighted by molar-refractivity contribution is -0.193. The number of carbonyl (C=O) groups excluding carboxylic acids is 7. The summed E-state index contributed by atoms with van der Waals surface area (Å²) in [5.41, 5.74) is 37.1. The Bertz CT molecular complexity index is 4270. The number of carboxylic acids is 4. The van der Waals surface area contributed by atoms with Gasteiger partial charge < -0.3 is 96.1 Å². The van der Waals surface area contributed by atoms with E-state index in [0.29, 0.717) is 57.2 Å². The summed E-state index contributed by atoms with van der Waals surface area (Å²) in [5.74, 6) is -14.0. The number of nitrogens with zero attached hydrogens (tertiary/aromatic N) is 2. The number of carbonyl (C=O) groups is 11. The molecule has 10 atom stereocenters. The number of amides is 7. The number of hydrogen-bond donors (Lipinski definition) is 18. The van der Waals surface area contributed by atoms with Crippen molar-refractivity contribution in [3.63, 3.8) is 0 Å². The van der Waals surface area contributed by atoms with E-state index < -0.39 is 133 Å². The summed E-state index contributed by atoms with van der Waals surface area (Å²) in [4.78, 5) is 144. The lowest BCUT2D eigenvalue weighted by Crippen LogP contribution is -2.62. The van der Waals surface area contributed by atoms with Crippen LogP contribution in [0.4, 0.5) is 52.7 Å². The number of aliphatic carboxylic acids is 4. The van der Waals surface area contributed by atoms with Crippen LogP contribution in [0.3, 0.4) is 0 Å². The number of carboxylic acid groups (broad SMARTS) is 4. The van der Waals surface area contributed by atoms with Crippen molar-refractivity contribution >= 4 is 71.2 Å². The summed E-state index contributed by atoms with van der Waals surface area (Å²) in [5, 5.41) is 70.6. The number of nitrogens with one attached hydrogen (secondary N) is 7. The summed E-state index contributed by atoms with van der Waals surface area (Å²) in [6.07, 6.45) is -9.43. The van der Waals surface area contributed by atoms with Crippen LogP contribution in [0.15, 0.2) is 126 Å². The van der Waals surface area contributed by atoms with E-state index >= 15 is 9.59 Å². The summed E-state index contributed by atoms with van der Waals surface area (Å²) in [6, 6.07) is 27.8. The van der Waals surface area contributed by atoms with Crippen LogP contribution in [0, 0.1) is 19.8 Å². The Kier molecular flexibility index (Phi) is 43.6. The third kappa shape index (κ3) is 38.7. The predicted octanol–water partition coefficient (Wildman–Crippen LogP) is 6.72. The fraction of sp³-hybridized carbons (Fsp3) is 0.494. The first kappa shape index (κ1) is 106. The van der Waals surface area contributed by atoms with Gasteiger partial charge in [-0.05, 0) is 172 Å². The summed E-state index contributed by atoms with van der Waals surface area (Å²) in [7, 11) is 0. The highest BCUT2D eigenvalue weighted by Gasteiger charge is 2.43. The van der Waals surface area contributed by atoms with Gasteiger partial charge >= 0.3 is 48.6 Å². The van der Waals surface area contributed by atoms with E-state index in [-0.39, 0.29) is 99.1 Å². The minimum atomic E-state index is -5.08. The average Bonchev–Trinajstić information content (AvgIpc) is 0.794. The molecule has 0 bridgehead atoms. The first-order chi connectivity index (χ1) is 59.0. The third-order valence-corrected chi connectivity index (χ3v) is 20.4. The summed E-state index contributed by atoms with van der Waals surface area (Å²) >= 11 is 0. The molecule has 2 fully saturated rings. The normalized spacial score (nSPS) is 16.8. The number of halogens is 12. The molecule has 1 aliphatic heterocycles. The van der Waals surface area contributed by atoms with Crippen molar-refractivity contribution in [3.05, 3.63) is 166 Å². The molecule has 5 aromatic rings. The molecule has 0 radical (unpaired) electrons. The average molecular weight is 1800 g/mol. The van der Waals surface area contributed by atoms with Crippen LogP contribution in [-0.4, -0.2) is 211 Å². The Balaban J connectivity index is 0.00000102. The van der Waals surface area contributed by atoms with Crippen LogP contribution < -0.4 is 65.9 Å². The molecule has 5 aromatic carbocycles. The van der Waals surface area contributed by atoms with Crippen LogP contribution in [0.5, 0.6) is 11.5 Å². The van der Waals surface area contributed by atoms with E-state index in [9.17, 15) is 86.9 Å². The topological polar surface area (TPSA) is 539 Å². The van der Waals surface area contributed by atoms with Crippen LogP contribution in [0.1, 0.15) is 141 Å². The molecular formula is C83H108F12N14O17. The molecule has 126 heavy (non-hydrogen) atoms. The number of rotatable bonds is 34. The molecule has 2 saturated carbocycles. The van der Waals surface area contributed by atoms with Crippen molar-refractivity contribution < 1.29 is 136 Å². The molecule has 23 N–H and O–H groups in total. The number of phenolic OH excluding ortho intramolecular Hbond substituents is 2. The van der Waals surface area contributed by atoms with Gasteiger partial charge in [-0.1, -0.05) is 142 Å². The van der Waals surface area contributed by atoms with Gasteiger partial charge in [-0.15, -0.1) is 0 Å². The van der Waals surface area contributed by atoms with E-state index in [1.165, 1.54) is 0 Å². The molecule has 0 spiro atoms. The lowest BCUT2D eigenvalue weighted by Gasteiger charge is -2.39. The Hall–Kier alpha value is -11.9. The highest BCUT2D eigenvalue weighted by molar-refractivity contribution is 5.95. The molecular weight excluding hydrogens is 1690 g/mol. The van der Waals surface area contributed by atoms with Crippen molar-refractivity contribution in [2.45, 2.75) is 234 Å². The first-order valence-electron chi connectivity index (χ1n) is 40.0. The molecule has 2 aliphatic carbocycles. The molecule has 0 aromatic heterocycles. The third-order valence-electron chi connectivity index (χ3n) is 20.4. The number of benzene rings is 5. The van der Waals surface area contributed by atoms with Gasteiger partial charge in [0, 0.05) is 38.1 Å². The molecule has 3 aliphatic rings. The number of phenols is 2. The van der Waals surface area contributed by atoms with Crippen molar-refractivity contribution in [2.24, 2.45) is 39.6 Å². The lowest BCUT2D eigenvalue weighted by atomic mass is 9.84. The minimum absolute atomic E-state index is 0.0232. The number of aliphatic imine (C=N–C) groups is 1. The zero-order valence-corrected chi connectivity index (χ0v) is 68.9. The number of fused-ring (bicyclic) bond motifs is 1. The number of guanidine groups is 1. The highest BCUT2D eigenvalue weighted by atomic mass is 19.4. The molecule has 0 saturated heterocycles. The second kappa shape index (κ2) is 51.5. The van der Waals surface area contributed by atoms with Gasteiger partial charge in [0.1, 0.15) is 29.6 Å². The number of unbranched alkanes of at least 4 members (excludes halogenated alkanes) is 1. The second-order valence-corrected chi connectivity index (χ2v) is 30.2. The molecule has 7 amide bonds. The Morgan fingerprint density at radius 3 is 1.37 bits per heavy atom. The van der Waals surface area contributed by atoms with Gasteiger partial charge in [-0.25, -0.2) is 19.2 Å². The molecule has 1 heterocycles. The van der Waals surface area contributed by atoms with Crippen LogP contribution in [-0.2, 0) is 91.4 Å². The largest absolute Gasteiger partial charge is 0.508 e. The molecule has 43 heteroatoms. The molecule has 1 unspecified atom stereocenters. The van der Waals surface area contributed by atoms with Crippen molar-refractivity contribution in [3.8, 4) is 11.5 Å². The highest BCUT2D eigenvalue weighted by Crippen LogP contribution is 2.30. The van der Waals surface area contributed by atoms with E-state index in [1.807, 2.05) is 98.8 Å². The first-order valence-corrected chi connectivity index (χ1v) is 40.0. The number of hydrogen-bond acceptors (Lipinski definition) is 18. The van der Waals surface area contributed by atoms with E-state index in [0.717, 1.165) is 83.9 Å². The molecule has 8 rings (SSSR count). The fourth-order valence-electron chi connectivity index (χ4n) is 13.9. The quantitative estimate of drug-likeness (QED) is 0.00879. The zero-order chi connectivity index (χ0) is 94.4. The standard InChI is InChI=1S/C75H104N14O9.4C2HF3O2/c1-47-37-57(91)38-48(2)58(47)44-59(77)68(92)86-64(30-18-36-81-75(79)80)71(95)88-67(42-51-23-10-5-11-24-51)73(97)87-63(29-16-17-35-76)70(94)84-61-27-14-15-28-62(61)85-72(96)66(41-50-21-8-4-9-22-50)83-65(40-49-19-6-3-7-20-49)69(93)82-45-55-43-53-25-12-13-26-54(53)46-89(55)74(98)60(78)39-52-31-33-56(90)34-32-52;4*3-2(4,5)1(6)7/h4-5,8-13,21-26,31-34,37-38,49,55,59-67,83,90-91H,3,6-7,14-20,27-30,35-36,39-46,76-78H2,1-2H3,(H,82,93)(H,84,94)(H,85,96)(H,86,92)(H,87,97)(H,88,95)(H4,79,80,81);4*(H,6,7)/t55?,59-,60-,61+,62+,63-,64+,65+,66-,67-;;;;/m0..../s1. The fourth-order valence-corrected chi connectivity index (χ4v) is 13.9. The number of aryl methyl sites for hydroxylation is 2. The van der Waals surface area contributed by atoms with Crippen LogP contribution >= 0.6 is 0 Å². The number of alkyl halides is 12. The Labute approximate surface area is 717 Å². The Morgan fingerprint density at radius 1 is 0.468 bits per heavy atom. The van der Waals surface area contributed by atoms with E-state index in [1.54, 1.807) is 41.3 Å². The van der Waals surface area contributed by atoms with Gasteiger partial charge in [0.15, 0.2) is 5.96 Å². The SMILES string of the molecule is Cc1cc(O)cc(C)c1C[C@H](N)C(=O)N[C@H](CCCN=C(N)N)C(=O)N[C@@H](Cc1ccccc1)C(=O)N[C@@H](CCCCN)C(=O)N[C@@H]1CCCC[C@H]1NC(=O)[C@H](Cc1ccccc1)N[C@H](CC1CCCCC1)C(=O)NCC1Cc2ccccc2CN1C(=O)[C@@H](N)Cc1ccc(O)cc1.O=C(O)C(F)(F)F.O=C(O)C(F)(F)F.O=C(O)C(F)(F)F.O=C(O)C(F)(F)F. The monoisotopic (exact) mass is 1800 g/mol. The minimum Gasteiger partial charge on any atom is -0.508 e. The van der Waals surface area contributed by atoms with Crippen molar-refractivity contribution in [2.75, 3.05) is 19.6 Å². The van der Waals surface area contributed by atoms with E-state index in [4.69, 9.17) is 68.3 Å². The maximum atomic E-state index is 15.2. The van der Waals surface area contributed by atoms with Gasteiger partial charge in [-0.3, -0.25) is 43.9 Å². The van der Waals surface area contributed by atoms with Crippen molar-refractivity contribution in [1.29, 1.82) is 0 Å². The maximum absolute atomic E-state index is 15.2. The van der Waals surface area contributed by atoms with Crippen LogP contribution in [0.25, 0.3) is 0 Å². The van der Waals surface area contributed by atoms with Gasteiger partial charge in [0.2, 0.25) is 41.4 Å². The number of nitrogens with two attached hydrogens (primary N) is 5. The van der Waals surface area contributed by atoms with Gasteiger partial charge in [0.25, 0.3) is 0 Å².